The summed E-state index contributed by atoms with van der Waals surface area (Å²) in [5.41, 5.74) is 10.5. The number of amides is 6. The molecule has 0 radical (unpaired) electrons. The van der Waals surface area contributed by atoms with E-state index in [4.69, 9.17) is 5.73 Å². The highest BCUT2D eigenvalue weighted by Crippen LogP contribution is 2.36. The molecule has 0 unspecified atom stereocenters. The zero-order chi connectivity index (χ0) is 47.9. The second kappa shape index (κ2) is 23.7. The molecule has 0 bridgehead atoms. The van der Waals surface area contributed by atoms with E-state index in [1.54, 1.807) is 11.8 Å². The number of anilines is 3. The zero-order valence-corrected chi connectivity index (χ0v) is 38.0. The molecule has 18 heteroatoms. The van der Waals surface area contributed by atoms with Gasteiger partial charge in [0.1, 0.15) is 5.75 Å². The Balaban J connectivity index is 0.000000294. The van der Waals surface area contributed by atoms with Crippen LogP contribution in [-0.4, -0.2) is 121 Å². The highest BCUT2D eigenvalue weighted by atomic mass is 19.4. The predicted octanol–water partition coefficient (Wildman–Crippen LogP) is 6.67. The van der Waals surface area contributed by atoms with E-state index in [2.05, 4.69) is 35.8 Å². The lowest BCUT2D eigenvalue weighted by atomic mass is 9.96. The van der Waals surface area contributed by atoms with E-state index in [0.29, 0.717) is 48.7 Å². The highest BCUT2D eigenvalue weighted by Gasteiger charge is 2.32. The van der Waals surface area contributed by atoms with Crippen molar-refractivity contribution in [1.82, 2.24) is 30.2 Å². The number of hydrogen-bond donors (Lipinski definition) is 5. The minimum absolute atomic E-state index is 0.0164. The Labute approximate surface area is 389 Å². The number of halogens is 3. The molecule has 4 aromatic carbocycles. The molecule has 3 fully saturated rings. The normalized spacial score (nSPS) is 16.0. The van der Waals surface area contributed by atoms with E-state index in [1.807, 2.05) is 53.4 Å². The van der Waals surface area contributed by atoms with Crippen molar-refractivity contribution in [2.45, 2.75) is 71.4 Å². The number of ether oxygens (including phenoxy) is 1. The lowest BCUT2D eigenvalue weighted by Crippen LogP contribution is -2.50. The van der Waals surface area contributed by atoms with Crippen molar-refractivity contribution in [3.8, 4) is 16.9 Å². The van der Waals surface area contributed by atoms with Gasteiger partial charge in [0.25, 0.3) is 5.91 Å². The van der Waals surface area contributed by atoms with Crippen LogP contribution in [0.15, 0.2) is 91.0 Å². The van der Waals surface area contributed by atoms with Crippen molar-refractivity contribution in [1.29, 1.82) is 0 Å². The summed E-state index contributed by atoms with van der Waals surface area (Å²) >= 11 is 0. The van der Waals surface area contributed by atoms with E-state index < -0.39 is 18.1 Å². The first kappa shape index (κ1) is 49.8. The summed E-state index contributed by atoms with van der Waals surface area (Å²) < 4.78 is 43.9. The second-order valence-electron chi connectivity index (χ2n) is 17.0. The number of hydrogen-bond acceptors (Lipinski definition) is 9. The van der Waals surface area contributed by atoms with E-state index in [9.17, 15) is 37.1 Å². The number of nitrogens with one attached hydrogen (secondary N) is 4. The van der Waals surface area contributed by atoms with Gasteiger partial charge in [-0.05, 0) is 84.1 Å². The maximum absolute atomic E-state index is 13.2. The lowest BCUT2D eigenvalue weighted by molar-refractivity contribution is -0.274. The molecular weight excluding hydrogens is 868 g/mol. The summed E-state index contributed by atoms with van der Waals surface area (Å²) in [5, 5.41) is 11.0. The fourth-order valence-electron chi connectivity index (χ4n) is 8.17. The maximum Gasteiger partial charge on any atom is 0.573 e. The molecule has 0 aromatic heterocycles. The summed E-state index contributed by atoms with van der Waals surface area (Å²) in [4.78, 5) is 68.0. The second-order valence-corrected chi connectivity index (χ2v) is 17.0. The number of nitrogens with two attached hydrogens (primary N) is 1. The van der Waals surface area contributed by atoms with E-state index in [1.165, 1.54) is 48.9 Å². The number of piperazine rings is 2. The third-order valence-electron chi connectivity index (χ3n) is 11.9. The number of nitrogen functional groups attached to an aromatic ring is 1. The van der Waals surface area contributed by atoms with Gasteiger partial charge >= 0.3 is 12.4 Å². The topological polar surface area (TPSA) is 182 Å². The molecule has 3 aliphatic rings. The van der Waals surface area contributed by atoms with Crippen LogP contribution in [0.4, 0.5) is 35.0 Å². The van der Waals surface area contributed by atoms with Gasteiger partial charge in [-0.1, -0.05) is 55.7 Å². The molecule has 0 spiro atoms. The Morgan fingerprint density at radius 2 is 1.22 bits per heavy atom. The molecular formula is C49H60F3N9O6. The fourth-order valence-corrected chi connectivity index (χ4v) is 8.17. The molecule has 0 atom stereocenters. The smallest absolute Gasteiger partial charge is 0.405 e. The van der Waals surface area contributed by atoms with Crippen molar-refractivity contribution < 1.29 is 41.9 Å². The van der Waals surface area contributed by atoms with Crippen LogP contribution in [0.1, 0.15) is 67.4 Å². The Bertz CT molecular complexity index is 2290. The lowest BCUT2D eigenvalue weighted by Gasteiger charge is -2.34. The SMILES string of the molecule is CC(=O)N1CCN(Cc2ccc(NC(=O)c3ccc(-c4cc(NC(=O)NC5CCCCC5)ccc4OC(F)(F)F)cc3)cc2)CC1.CC(=O)NCC(=O)N1CCN(Cc2ccc(N)cc2)CC1. The van der Waals surface area contributed by atoms with Crippen molar-refractivity contribution in [3.05, 3.63) is 108 Å². The number of rotatable bonds is 12. The van der Waals surface area contributed by atoms with Gasteiger partial charge in [-0.2, -0.15) is 0 Å². The average Bonchev–Trinajstić information content (AvgIpc) is 3.30. The minimum atomic E-state index is -4.91. The summed E-state index contributed by atoms with van der Waals surface area (Å²) in [5.74, 6) is -0.903. The minimum Gasteiger partial charge on any atom is -0.405 e. The molecule has 67 heavy (non-hydrogen) atoms. The molecule has 6 N–H and O–H groups in total. The number of benzene rings is 4. The summed E-state index contributed by atoms with van der Waals surface area (Å²) in [7, 11) is 0. The summed E-state index contributed by atoms with van der Waals surface area (Å²) in [6.45, 7) is 10.8. The van der Waals surface area contributed by atoms with Crippen LogP contribution in [-0.2, 0) is 27.5 Å². The molecule has 4 aromatic rings. The largest absolute Gasteiger partial charge is 0.573 e. The molecule has 6 amide bonds. The number of urea groups is 1. The van der Waals surface area contributed by atoms with Gasteiger partial charge in [-0.3, -0.25) is 29.0 Å². The van der Waals surface area contributed by atoms with Gasteiger partial charge in [0.05, 0.1) is 6.54 Å². The van der Waals surface area contributed by atoms with E-state index in [0.717, 1.165) is 88.7 Å². The molecule has 2 saturated heterocycles. The van der Waals surface area contributed by atoms with Gasteiger partial charge in [0, 0.05) is 114 Å². The molecule has 1 aliphatic carbocycles. The van der Waals surface area contributed by atoms with Crippen LogP contribution in [0.3, 0.4) is 0 Å². The summed E-state index contributed by atoms with van der Waals surface area (Å²) in [6.07, 6.45) is 0.0975. The van der Waals surface area contributed by atoms with Gasteiger partial charge in [-0.15, -0.1) is 13.2 Å². The summed E-state index contributed by atoms with van der Waals surface area (Å²) in [6, 6.07) is 25.1. The van der Waals surface area contributed by atoms with Gasteiger partial charge < -0.3 is 41.5 Å². The van der Waals surface area contributed by atoms with Crippen LogP contribution < -0.4 is 31.7 Å². The number of nitrogens with zero attached hydrogens (tertiary/aromatic N) is 4. The number of carbonyl (C=O) groups excluding carboxylic acids is 5. The number of alkyl halides is 3. The Morgan fingerprint density at radius 1 is 0.672 bits per heavy atom. The monoisotopic (exact) mass is 927 g/mol. The van der Waals surface area contributed by atoms with Gasteiger partial charge in [0.15, 0.2) is 0 Å². The van der Waals surface area contributed by atoms with Crippen LogP contribution in [0.2, 0.25) is 0 Å². The Morgan fingerprint density at radius 3 is 1.78 bits per heavy atom. The number of carbonyl (C=O) groups is 5. The highest BCUT2D eigenvalue weighted by molar-refractivity contribution is 6.04. The Kier molecular flexibility index (Phi) is 17.6. The molecule has 15 nitrogen and oxygen atoms in total. The first-order chi connectivity index (χ1) is 32.1. The van der Waals surface area contributed by atoms with Crippen LogP contribution in [0, 0.1) is 0 Å². The first-order valence-electron chi connectivity index (χ1n) is 22.6. The molecule has 2 aliphatic heterocycles. The van der Waals surface area contributed by atoms with E-state index in [-0.39, 0.29) is 41.8 Å². The van der Waals surface area contributed by atoms with Crippen LogP contribution in [0.25, 0.3) is 11.1 Å². The molecule has 1 saturated carbocycles. The zero-order valence-electron chi connectivity index (χ0n) is 38.0. The third-order valence-corrected chi connectivity index (χ3v) is 11.9. The molecule has 7 rings (SSSR count). The van der Waals surface area contributed by atoms with E-state index >= 15 is 0 Å². The standard InChI is InChI=1S/C34H38F3N5O4.C15H22N4O2/c1-23(43)42-19-17-41(18-20-42)22-24-7-13-28(14-8-24)38-32(44)26-11-9-25(10-12-26)30-21-29(15-16-31(30)46-34(35,36)37)40-33(45)39-27-5-3-2-4-6-27;1-12(20)17-10-15(21)19-8-6-18(7-9-19)11-13-2-4-14(16)5-3-13/h7-16,21,27H,2-6,17-20,22H2,1H3,(H,38,44)(H2,39,40,45);2-5H,6-11,16H2,1H3,(H,17,20). The van der Waals surface area contributed by atoms with Crippen molar-refractivity contribution in [2.75, 3.05) is 75.3 Å². The van der Waals surface area contributed by atoms with Crippen molar-refractivity contribution in [2.24, 2.45) is 0 Å². The molecule has 2 heterocycles. The fraction of sp³-hybridized carbons (Fsp3) is 0.408. The van der Waals surface area contributed by atoms with Gasteiger partial charge in [-0.25, -0.2) is 4.79 Å². The predicted molar refractivity (Wildman–Crippen MR) is 251 cm³/mol. The Hall–Kier alpha value is -6.66. The average molecular weight is 928 g/mol. The quantitative estimate of drug-likeness (QED) is 0.0970. The van der Waals surface area contributed by atoms with Crippen LogP contribution in [0.5, 0.6) is 5.75 Å². The van der Waals surface area contributed by atoms with Crippen molar-refractivity contribution >= 4 is 46.7 Å². The van der Waals surface area contributed by atoms with Gasteiger partial charge in [0.2, 0.25) is 17.7 Å². The maximum atomic E-state index is 13.2. The van der Waals surface area contributed by atoms with Crippen LogP contribution >= 0.6 is 0 Å². The van der Waals surface area contributed by atoms with Crippen molar-refractivity contribution in [3.63, 3.8) is 0 Å². The first-order valence-corrected chi connectivity index (χ1v) is 22.6. The molecule has 358 valence electrons. The third kappa shape index (κ3) is 16.0.